The molecule has 41 heavy (non-hydrogen) atoms. The number of halogens is 1. The number of hydrogen-bond acceptors (Lipinski definition) is 10. The van der Waals surface area contributed by atoms with E-state index in [1.165, 1.54) is 38.2 Å². The Bertz CT molecular complexity index is 1430. The van der Waals surface area contributed by atoms with Gasteiger partial charge in [-0.1, -0.05) is 48.5 Å². The van der Waals surface area contributed by atoms with Crippen molar-refractivity contribution in [2.24, 2.45) is 0 Å². The van der Waals surface area contributed by atoms with Crippen LogP contribution in [0.5, 0.6) is 5.75 Å². The number of rotatable bonds is 12. The van der Waals surface area contributed by atoms with Gasteiger partial charge < -0.3 is 24.8 Å². The Morgan fingerprint density at radius 1 is 1.22 bits per heavy atom. The van der Waals surface area contributed by atoms with Crippen LogP contribution < -0.4 is 21.0 Å². The van der Waals surface area contributed by atoms with Gasteiger partial charge in [0.05, 0.1) is 19.3 Å². The van der Waals surface area contributed by atoms with Gasteiger partial charge in [-0.2, -0.15) is 10.1 Å². The molecule has 12 nitrogen and oxygen atoms in total. The topological polar surface area (TPSA) is 164 Å². The maximum absolute atomic E-state index is 16.0. The Labute approximate surface area is 235 Å². The lowest BCUT2D eigenvalue weighted by Crippen LogP contribution is -2.49. The summed E-state index contributed by atoms with van der Waals surface area (Å²) in [6.07, 6.45) is -1.78. The van der Waals surface area contributed by atoms with Crippen LogP contribution >= 0.6 is 7.75 Å². The van der Waals surface area contributed by atoms with E-state index in [1.807, 2.05) is 6.07 Å². The number of aliphatic hydroxyl groups is 1. The molecule has 4 rings (SSSR count). The third-order valence-electron chi connectivity index (χ3n) is 6.63. The minimum atomic E-state index is -4.31. The third-order valence-corrected chi connectivity index (χ3v) is 8.28. The molecular formula is C27H32FN4O8P. The van der Waals surface area contributed by atoms with Crippen molar-refractivity contribution in [1.82, 2.24) is 14.6 Å². The number of ether oxygens (including phenoxy) is 2. The van der Waals surface area contributed by atoms with Crippen molar-refractivity contribution < 1.29 is 37.4 Å². The summed E-state index contributed by atoms with van der Waals surface area (Å²) >= 11 is 0. The second-order valence-electron chi connectivity index (χ2n) is 9.58. The van der Waals surface area contributed by atoms with Gasteiger partial charge in [0.1, 0.15) is 36.4 Å². The number of hydrogen-bond donors (Lipinski definition) is 3. The molecule has 2 heterocycles. The molecule has 3 aromatic rings. The molecule has 6 atom stereocenters. The van der Waals surface area contributed by atoms with E-state index >= 15 is 4.39 Å². The summed E-state index contributed by atoms with van der Waals surface area (Å²) in [5.74, 6) is -0.573. The summed E-state index contributed by atoms with van der Waals surface area (Å²) in [4.78, 5) is 28.5. The van der Waals surface area contributed by atoms with E-state index in [-0.39, 0.29) is 18.2 Å². The van der Waals surface area contributed by atoms with Crippen LogP contribution in [0, 0.1) is 0 Å². The van der Waals surface area contributed by atoms with Crippen LogP contribution in [0.2, 0.25) is 0 Å². The molecule has 0 amide bonds. The first-order valence-electron chi connectivity index (χ1n) is 12.8. The predicted octanol–water partition coefficient (Wildman–Crippen LogP) is 2.78. The zero-order valence-corrected chi connectivity index (χ0v) is 23.4. The summed E-state index contributed by atoms with van der Waals surface area (Å²) in [7, 11) is -4.31. The Morgan fingerprint density at radius 3 is 2.54 bits per heavy atom. The molecule has 1 aliphatic heterocycles. The third kappa shape index (κ3) is 7.38. The van der Waals surface area contributed by atoms with Crippen LogP contribution in [-0.2, 0) is 30.0 Å². The first-order valence-corrected chi connectivity index (χ1v) is 14.4. The minimum Gasteiger partial charge on any atom is -0.460 e. The van der Waals surface area contributed by atoms with E-state index in [0.29, 0.717) is 0 Å². The van der Waals surface area contributed by atoms with E-state index in [9.17, 15) is 19.3 Å². The smallest absolute Gasteiger partial charge is 0.459 e. The fourth-order valence-corrected chi connectivity index (χ4v) is 5.71. The number of para-hydroxylation sites is 1. The van der Waals surface area contributed by atoms with Gasteiger partial charge >= 0.3 is 19.4 Å². The summed E-state index contributed by atoms with van der Waals surface area (Å²) in [5.41, 5.74) is 3.07. The van der Waals surface area contributed by atoms with Gasteiger partial charge in [-0.25, -0.2) is 13.8 Å². The Hall–Kier alpha value is -3.61. The van der Waals surface area contributed by atoms with Crippen molar-refractivity contribution >= 4 is 19.5 Å². The highest BCUT2D eigenvalue weighted by atomic mass is 31.2. The van der Waals surface area contributed by atoms with E-state index in [0.717, 1.165) is 10.1 Å². The predicted molar refractivity (Wildman–Crippen MR) is 147 cm³/mol. The number of carbonyl (C=O) groups is 1. The largest absolute Gasteiger partial charge is 0.460 e. The summed E-state index contributed by atoms with van der Waals surface area (Å²) in [6.45, 7) is 1.66. The van der Waals surface area contributed by atoms with Crippen molar-refractivity contribution in [3.05, 3.63) is 89.0 Å². The first kappa shape index (κ1) is 30.4. The quantitative estimate of drug-likeness (QED) is 0.210. The lowest BCUT2D eigenvalue weighted by molar-refractivity contribution is -0.146. The number of nitrogens with zero attached hydrogens (tertiary/aromatic N) is 2. The SMILES string of the molecule is C[C@H](N[P@](=O)(OCC1OCC(F)([C@@H](C)n2ccc(N)nc2=O)[C@H]1O)Oc1ccccc1)C(=O)OCc1ccccc1. The minimum absolute atomic E-state index is 0.00187. The molecule has 1 aliphatic rings. The normalized spacial score (nSPS) is 23.3. The molecule has 0 bridgehead atoms. The Morgan fingerprint density at radius 2 is 1.88 bits per heavy atom. The van der Waals surface area contributed by atoms with E-state index in [2.05, 4.69) is 10.1 Å². The average molecular weight is 591 g/mol. The number of aromatic nitrogens is 2. The molecule has 0 aliphatic carbocycles. The summed E-state index contributed by atoms with van der Waals surface area (Å²) in [6, 6.07) is 16.1. The van der Waals surface area contributed by atoms with Crippen LogP contribution in [0.4, 0.5) is 10.2 Å². The molecule has 2 aromatic carbocycles. The molecular weight excluding hydrogens is 558 g/mol. The van der Waals surface area contributed by atoms with Gasteiger partial charge in [0.2, 0.25) is 0 Å². The van der Waals surface area contributed by atoms with Gasteiger partial charge in [-0.3, -0.25) is 13.9 Å². The number of aliphatic hydroxyl groups excluding tert-OH is 1. The van der Waals surface area contributed by atoms with Crippen molar-refractivity contribution in [1.29, 1.82) is 0 Å². The maximum Gasteiger partial charge on any atom is 0.459 e. The monoisotopic (exact) mass is 590 g/mol. The fourth-order valence-electron chi connectivity index (χ4n) is 4.20. The molecule has 1 fully saturated rings. The number of anilines is 1. The van der Waals surface area contributed by atoms with Crippen LogP contribution in [0.25, 0.3) is 0 Å². The highest BCUT2D eigenvalue weighted by molar-refractivity contribution is 7.52. The van der Waals surface area contributed by atoms with Crippen LogP contribution in [0.1, 0.15) is 25.5 Å². The molecule has 0 radical (unpaired) electrons. The van der Waals surface area contributed by atoms with Gasteiger partial charge in [-0.15, -0.1) is 0 Å². The van der Waals surface area contributed by atoms with Crippen molar-refractivity contribution in [2.45, 2.75) is 50.4 Å². The molecule has 1 saturated heterocycles. The number of esters is 1. The fraction of sp³-hybridized carbons (Fsp3) is 0.370. The summed E-state index contributed by atoms with van der Waals surface area (Å²) in [5, 5.41) is 13.4. The molecule has 0 spiro atoms. The van der Waals surface area contributed by atoms with Crippen molar-refractivity contribution in [2.75, 3.05) is 18.9 Å². The lowest BCUT2D eigenvalue weighted by atomic mass is 9.91. The van der Waals surface area contributed by atoms with Crippen molar-refractivity contribution in [3.63, 3.8) is 0 Å². The lowest BCUT2D eigenvalue weighted by Gasteiger charge is -2.31. The van der Waals surface area contributed by atoms with Gasteiger partial charge in [0, 0.05) is 6.20 Å². The maximum atomic E-state index is 16.0. The first-order chi connectivity index (χ1) is 19.5. The molecule has 0 saturated carbocycles. The van der Waals surface area contributed by atoms with Crippen LogP contribution in [0.15, 0.2) is 77.7 Å². The van der Waals surface area contributed by atoms with Gasteiger partial charge in [-0.05, 0) is 37.6 Å². The standard InChI is InChI=1S/C27H32FN4O8P/c1-18(25(34)37-15-20-9-5-3-6-10-20)31-41(36,40-21-11-7-4-8-12-21)39-16-22-24(33)27(28,17-38-22)19(2)32-14-13-23(29)30-26(32)35/h3-14,18-19,22,24,33H,15-17H2,1-2H3,(H,31,36)(H2,29,30,35)/t18-,19+,22?,24-,27?,41-/m0/s1. The zero-order chi connectivity index (χ0) is 29.6. The highest BCUT2D eigenvalue weighted by Gasteiger charge is 2.55. The van der Waals surface area contributed by atoms with Crippen molar-refractivity contribution in [3.8, 4) is 5.75 Å². The van der Waals surface area contributed by atoms with Crippen LogP contribution in [0.3, 0.4) is 0 Å². The average Bonchev–Trinajstić information content (AvgIpc) is 3.25. The number of benzene rings is 2. The molecule has 14 heteroatoms. The Kier molecular flexibility index (Phi) is 9.57. The second-order valence-corrected chi connectivity index (χ2v) is 11.3. The van der Waals surface area contributed by atoms with Gasteiger partial charge in [0.25, 0.3) is 0 Å². The number of carbonyl (C=O) groups excluding carboxylic acids is 1. The number of nitrogens with two attached hydrogens (primary N) is 1. The molecule has 1 aromatic heterocycles. The zero-order valence-electron chi connectivity index (χ0n) is 22.5. The molecule has 220 valence electrons. The summed E-state index contributed by atoms with van der Waals surface area (Å²) < 4.78 is 52.7. The second kappa shape index (κ2) is 12.9. The molecule has 2 unspecified atom stereocenters. The van der Waals surface area contributed by atoms with E-state index < -0.39 is 62.6 Å². The van der Waals surface area contributed by atoms with Crippen LogP contribution in [-0.4, -0.2) is 57.8 Å². The number of nitrogen functional groups attached to an aromatic ring is 1. The number of nitrogens with one attached hydrogen (secondary N) is 1. The molecule has 4 N–H and O–H groups in total. The van der Waals surface area contributed by atoms with E-state index in [4.69, 9.17) is 24.3 Å². The number of alkyl halides is 1. The highest BCUT2D eigenvalue weighted by Crippen LogP contribution is 2.46. The Balaban J connectivity index is 1.44. The van der Waals surface area contributed by atoms with E-state index in [1.54, 1.807) is 42.5 Å². The van der Waals surface area contributed by atoms with Gasteiger partial charge in [0.15, 0.2) is 5.67 Å².